The van der Waals surface area contributed by atoms with Gasteiger partial charge in [0, 0.05) is 13.1 Å². The largest absolute Gasteiger partial charge is 0.378 e. The minimum Gasteiger partial charge on any atom is -0.378 e. The van der Waals surface area contributed by atoms with Crippen LogP contribution in [0.15, 0.2) is 23.4 Å². The van der Waals surface area contributed by atoms with Gasteiger partial charge in [0.15, 0.2) is 0 Å². The van der Waals surface area contributed by atoms with Gasteiger partial charge in [0.25, 0.3) is 0 Å². The standard InChI is InChI=1S/C15H19N5O2S/c1-11-3-4-12(2)13(9-11)20-15(16-17-18-20)23-10-14(21)19-5-7-22-8-6-19/h3-4,9H,5-8,10H2,1-2H3. The maximum atomic E-state index is 12.2. The Morgan fingerprint density at radius 2 is 2.09 bits per heavy atom. The van der Waals surface area contributed by atoms with E-state index in [9.17, 15) is 4.79 Å². The van der Waals surface area contributed by atoms with Crippen molar-refractivity contribution in [3.8, 4) is 5.69 Å². The molecule has 1 aromatic carbocycles. The van der Waals surface area contributed by atoms with Gasteiger partial charge < -0.3 is 9.64 Å². The lowest BCUT2D eigenvalue weighted by atomic mass is 10.1. The van der Waals surface area contributed by atoms with Crippen molar-refractivity contribution in [2.75, 3.05) is 32.1 Å². The van der Waals surface area contributed by atoms with E-state index in [0.717, 1.165) is 16.8 Å². The van der Waals surface area contributed by atoms with Gasteiger partial charge in [-0.3, -0.25) is 4.79 Å². The predicted molar refractivity (Wildman–Crippen MR) is 86.8 cm³/mol. The Balaban J connectivity index is 1.71. The number of carbonyl (C=O) groups is 1. The van der Waals surface area contributed by atoms with E-state index in [1.807, 2.05) is 30.9 Å². The summed E-state index contributed by atoms with van der Waals surface area (Å²) < 4.78 is 6.96. The van der Waals surface area contributed by atoms with Crippen molar-refractivity contribution in [3.63, 3.8) is 0 Å². The normalized spacial score (nSPS) is 15.0. The fourth-order valence-electron chi connectivity index (χ4n) is 2.40. The first-order chi connectivity index (χ1) is 11.1. The lowest BCUT2D eigenvalue weighted by molar-refractivity contribution is -0.132. The topological polar surface area (TPSA) is 73.1 Å². The number of tetrazole rings is 1. The molecular formula is C15H19N5O2S. The van der Waals surface area contributed by atoms with Gasteiger partial charge in [-0.25, -0.2) is 0 Å². The van der Waals surface area contributed by atoms with Gasteiger partial charge in [-0.05, 0) is 41.5 Å². The highest BCUT2D eigenvalue weighted by atomic mass is 32.2. The molecule has 2 heterocycles. The molecule has 0 saturated carbocycles. The zero-order valence-electron chi connectivity index (χ0n) is 13.2. The Morgan fingerprint density at radius 3 is 2.87 bits per heavy atom. The number of nitrogens with zero attached hydrogens (tertiary/aromatic N) is 5. The summed E-state index contributed by atoms with van der Waals surface area (Å²) in [5, 5.41) is 12.5. The summed E-state index contributed by atoms with van der Waals surface area (Å²) in [6.07, 6.45) is 0. The number of ether oxygens (including phenoxy) is 1. The molecule has 1 amide bonds. The molecule has 7 nitrogen and oxygen atoms in total. The highest BCUT2D eigenvalue weighted by molar-refractivity contribution is 7.99. The smallest absolute Gasteiger partial charge is 0.233 e. The van der Waals surface area contributed by atoms with Crippen molar-refractivity contribution in [1.82, 2.24) is 25.1 Å². The minimum absolute atomic E-state index is 0.0915. The fourth-order valence-corrected chi connectivity index (χ4v) is 3.18. The van der Waals surface area contributed by atoms with Crippen LogP contribution >= 0.6 is 11.8 Å². The van der Waals surface area contributed by atoms with E-state index in [1.165, 1.54) is 11.8 Å². The van der Waals surface area contributed by atoms with Crippen LogP contribution in [0.3, 0.4) is 0 Å². The first-order valence-corrected chi connectivity index (χ1v) is 8.48. The summed E-state index contributed by atoms with van der Waals surface area (Å²) in [4.78, 5) is 14.1. The molecular weight excluding hydrogens is 314 g/mol. The summed E-state index contributed by atoms with van der Waals surface area (Å²) in [5.74, 6) is 0.416. The Bertz CT molecular complexity index is 697. The number of amides is 1. The van der Waals surface area contributed by atoms with E-state index in [2.05, 4.69) is 21.6 Å². The third kappa shape index (κ3) is 3.70. The Kier molecular flexibility index (Phi) is 4.92. The number of benzene rings is 1. The number of hydrogen-bond acceptors (Lipinski definition) is 6. The molecule has 8 heteroatoms. The van der Waals surface area contributed by atoms with Crippen molar-refractivity contribution in [2.24, 2.45) is 0 Å². The zero-order valence-corrected chi connectivity index (χ0v) is 14.0. The maximum Gasteiger partial charge on any atom is 0.233 e. The van der Waals surface area contributed by atoms with Crippen LogP contribution in [-0.2, 0) is 9.53 Å². The number of hydrogen-bond donors (Lipinski definition) is 0. The zero-order chi connectivity index (χ0) is 16.2. The summed E-state index contributed by atoms with van der Waals surface area (Å²) >= 11 is 1.36. The lowest BCUT2D eigenvalue weighted by Crippen LogP contribution is -2.41. The quantitative estimate of drug-likeness (QED) is 0.784. The van der Waals surface area contributed by atoms with Gasteiger partial charge in [-0.1, -0.05) is 23.9 Å². The monoisotopic (exact) mass is 333 g/mol. The van der Waals surface area contributed by atoms with E-state index in [1.54, 1.807) is 4.68 Å². The van der Waals surface area contributed by atoms with E-state index in [0.29, 0.717) is 37.2 Å². The molecule has 1 aromatic heterocycles. The second kappa shape index (κ2) is 7.10. The molecule has 122 valence electrons. The highest BCUT2D eigenvalue weighted by Crippen LogP contribution is 2.22. The Labute approximate surface area is 139 Å². The Morgan fingerprint density at radius 1 is 1.30 bits per heavy atom. The molecule has 3 rings (SSSR count). The number of carbonyl (C=O) groups excluding carboxylic acids is 1. The third-order valence-corrected chi connectivity index (χ3v) is 4.63. The van der Waals surface area contributed by atoms with Crippen LogP contribution in [0.4, 0.5) is 0 Å². The summed E-state index contributed by atoms with van der Waals surface area (Å²) in [7, 11) is 0. The van der Waals surface area contributed by atoms with Crippen molar-refractivity contribution < 1.29 is 9.53 Å². The lowest BCUT2D eigenvalue weighted by Gasteiger charge is -2.26. The van der Waals surface area contributed by atoms with Crippen LogP contribution in [0.25, 0.3) is 5.69 Å². The molecule has 1 aliphatic rings. The van der Waals surface area contributed by atoms with Gasteiger partial charge in [0.1, 0.15) is 0 Å². The number of aromatic nitrogens is 4. The average Bonchev–Trinajstić information content (AvgIpc) is 3.04. The molecule has 0 unspecified atom stereocenters. The molecule has 23 heavy (non-hydrogen) atoms. The molecule has 0 radical (unpaired) electrons. The molecule has 0 N–H and O–H groups in total. The second-order valence-corrected chi connectivity index (χ2v) is 6.39. The summed E-state index contributed by atoms with van der Waals surface area (Å²) in [6, 6.07) is 6.14. The number of morpholine rings is 1. The molecule has 0 spiro atoms. The second-order valence-electron chi connectivity index (χ2n) is 5.45. The molecule has 0 atom stereocenters. The van der Waals surface area contributed by atoms with Crippen molar-refractivity contribution in [2.45, 2.75) is 19.0 Å². The predicted octanol–water partition coefficient (Wildman–Crippen LogP) is 1.23. The number of rotatable bonds is 4. The molecule has 1 saturated heterocycles. The Hall–Kier alpha value is -1.93. The molecule has 1 aliphatic heterocycles. The third-order valence-electron chi connectivity index (χ3n) is 3.72. The maximum absolute atomic E-state index is 12.2. The van der Waals surface area contributed by atoms with Crippen molar-refractivity contribution >= 4 is 17.7 Å². The van der Waals surface area contributed by atoms with Crippen LogP contribution in [0.5, 0.6) is 0 Å². The first kappa shape index (κ1) is 15.9. The molecule has 0 aliphatic carbocycles. The number of aryl methyl sites for hydroxylation is 2. The minimum atomic E-state index is 0.0915. The van der Waals surface area contributed by atoms with E-state index >= 15 is 0 Å². The highest BCUT2D eigenvalue weighted by Gasteiger charge is 2.19. The van der Waals surface area contributed by atoms with Crippen molar-refractivity contribution in [1.29, 1.82) is 0 Å². The first-order valence-electron chi connectivity index (χ1n) is 7.49. The van der Waals surface area contributed by atoms with Gasteiger partial charge in [-0.2, -0.15) is 4.68 Å². The van der Waals surface area contributed by atoms with Gasteiger partial charge in [0.05, 0.1) is 24.7 Å². The van der Waals surface area contributed by atoms with Crippen LogP contribution < -0.4 is 0 Å². The summed E-state index contributed by atoms with van der Waals surface area (Å²) in [6.45, 7) is 6.57. The van der Waals surface area contributed by atoms with Crippen LogP contribution in [-0.4, -0.2) is 63.1 Å². The average molecular weight is 333 g/mol. The van der Waals surface area contributed by atoms with Gasteiger partial charge in [-0.15, -0.1) is 5.10 Å². The van der Waals surface area contributed by atoms with Crippen LogP contribution in [0.1, 0.15) is 11.1 Å². The van der Waals surface area contributed by atoms with Gasteiger partial charge >= 0.3 is 0 Å². The molecule has 0 bridgehead atoms. The van der Waals surface area contributed by atoms with E-state index in [4.69, 9.17) is 4.74 Å². The van der Waals surface area contributed by atoms with E-state index < -0.39 is 0 Å². The van der Waals surface area contributed by atoms with Crippen LogP contribution in [0.2, 0.25) is 0 Å². The fraction of sp³-hybridized carbons (Fsp3) is 0.467. The number of thioether (sulfide) groups is 1. The van der Waals surface area contributed by atoms with Crippen molar-refractivity contribution in [3.05, 3.63) is 29.3 Å². The summed E-state index contributed by atoms with van der Waals surface area (Å²) in [5.41, 5.74) is 3.17. The SMILES string of the molecule is Cc1ccc(C)c(-n2nnnc2SCC(=O)N2CCOCC2)c1. The van der Waals surface area contributed by atoms with Gasteiger partial charge in [0.2, 0.25) is 11.1 Å². The van der Waals surface area contributed by atoms with E-state index in [-0.39, 0.29) is 5.91 Å². The van der Waals surface area contributed by atoms with Crippen LogP contribution in [0, 0.1) is 13.8 Å². The molecule has 2 aromatic rings. The molecule has 1 fully saturated rings.